The van der Waals surface area contributed by atoms with Gasteiger partial charge in [-0.3, -0.25) is 14.4 Å². The first-order valence-corrected chi connectivity index (χ1v) is 13.1. The normalized spacial score (nSPS) is 20.1. The highest BCUT2D eigenvalue weighted by Gasteiger charge is 2.41. The maximum Gasteiger partial charge on any atom is 0.248 e. The van der Waals surface area contributed by atoms with Crippen LogP contribution < -0.4 is 16.0 Å². The van der Waals surface area contributed by atoms with Gasteiger partial charge in [0.25, 0.3) is 0 Å². The Hall–Kier alpha value is -3.20. The number of aromatic nitrogens is 2. The van der Waals surface area contributed by atoms with Crippen molar-refractivity contribution in [1.29, 1.82) is 0 Å². The number of benzene rings is 1. The average Bonchev–Trinajstić information content (AvgIpc) is 3.54. The van der Waals surface area contributed by atoms with Crippen LogP contribution >= 0.6 is 0 Å². The quantitative estimate of drug-likeness (QED) is 0.523. The van der Waals surface area contributed by atoms with Gasteiger partial charge in [0, 0.05) is 12.6 Å². The number of nitrogens with zero attached hydrogens (tertiary/aromatic N) is 3. The molecule has 0 unspecified atom stereocenters. The Morgan fingerprint density at radius 3 is 2.44 bits per heavy atom. The number of para-hydroxylation sites is 1. The molecule has 2 aliphatic rings. The fraction of sp³-hybridized carbons (Fsp3) is 0.556. The van der Waals surface area contributed by atoms with Gasteiger partial charge in [0.15, 0.2) is 0 Å². The molecule has 1 saturated heterocycles. The van der Waals surface area contributed by atoms with Crippen LogP contribution in [0.25, 0.3) is 5.69 Å². The second kappa shape index (κ2) is 11.7. The monoisotopic (exact) mass is 494 g/mol. The van der Waals surface area contributed by atoms with Crippen LogP contribution in [0.5, 0.6) is 0 Å². The van der Waals surface area contributed by atoms with E-state index in [1.165, 1.54) is 0 Å². The van der Waals surface area contributed by atoms with Crippen molar-refractivity contribution in [2.45, 2.75) is 76.9 Å². The van der Waals surface area contributed by atoms with Crippen LogP contribution in [0.2, 0.25) is 0 Å². The lowest BCUT2D eigenvalue weighted by Gasteiger charge is -2.35. The van der Waals surface area contributed by atoms with Crippen molar-refractivity contribution in [3.63, 3.8) is 0 Å². The lowest BCUT2D eigenvalue weighted by Crippen LogP contribution is -2.57. The predicted octanol–water partition coefficient (Wildman–Crippen LogP) is 2.78. The largest absolute Gasteiger partial charge is 0.343 e. The molecule has 194 valence electrons. The SMILES string of the molecule is CN[C@@H](C)C(=O)N[C@H](C(=O)N1CCC[C@H]1C(=O)Nc1cc(C)nn1-c1ccccc1)C1CCCCC1. The topological polar surface area (TPSA) is 108 Å². The first-order chi connectivity index (χ1) is 17.4. The van der Waals surface area contributed by atoms with E-state index in [9.17, 15) is 14.4 Å². The summed E-state index contributed by atoms with van der Waals surface area (Å²) in [5.74, 6) is 0.0942. The third-order valence-electron chi connectivity index (χ3n) is 7.43. The zero-order chi connectivity index (χ0) is 25.7. The number of aryl methyl sites for hydroxylation is 1. The van der Waals surface area contributed by atoms with E-state index in [1.807, 2.05) is 43.3 Å². The van der Waals surface area contributed by atoms with Gasteiger partial charge in [-0.2, -0.15) is 5.10 Å². The van der Waals surface area contributed by atoms with Crippen LogP contribution in [0.4, 0.5) is 5.82 Å². The van der Waals surface area contributed by atoms with E-state index < -0.39 is 18.1 Å². The fourth-order valence-corrected chi connectivity index (χ4v) is 5.30. The number of amides is 3. The van der Waals surface area contributed by atoms with Gasteiger partial charge in [0.1, 0.15) is 17.9 Å². The Balaban J connectivity index is 1.52. The summed E-state index contributed by atoms with van der Waals surface area (Å²) >= 11 is 0. The average molecular weight is 495 g/mol. The summed E-state index contributed by atoms with van der Waals surface area (Å²) in [6, 6.07) is 9.86. The second-order valence-electron chi connectivity index (χ2n) is 9.99. The number of carbonyl (C=O) groups is 3. The molecular weight excluding hydrogens is 456 g/mol. The van der Waals surface area contributed by atoms with Gasteiger partial charge in [-0.25, -0.2) is 4.68 Å². The minimum absolute atomic E-state index is 0.0886. The Morgan fingerprint density at radius 1 is 1.03 bits per heavy atom. The summed E-state index contributed by atoms with van der Waals surface area (Å²) in [6.45, 7) is 4.17. The third-order valence-corrected chi connectivity index (χ3v) is 7.43. The standard InChI is InChI=1S/C27H38N6O3/c1-18-17-23(33(31-18)21-13-8-5-9-14-21)29-26(35)22-15-10-16-32(22)27(36)24(20-11-6-4-7-12-20)30-25(34)19(2)28-3/h5,8-9,13-14,17,19-20,22,24,28H,4,6-7,10-12,15-16H2,1-3H3,(H,29,35)(H,30,34)/t19-,22-,24-/m0/s1. The molecule has 1 aliphatic carbocycles. The molecule has 2 aromatic rings. The van der Waals surface area contributed by atoms with E-state index in [1.54, 1.807) is 23.6 Å². The molecule has 2 fully saturated rings. The van der Waals surface area contributed by atoms with Crippen molar-refractivity contribution >= 4 is 23.5 Å². The Bertz CT molecular complexity index is 1060. The first kappa shape index (κ1) is 25.9. The molecule has 4 rings (SSSR count). The van der Waals surface area contributed by atoms with Gasteiger partial charge < -0.3 is 20.9 Å². The third kappa shape index (κ3) is 5.78. The smallest absolute Gasteiger partial charge is 0.248 e. The van der Waals surface area contributed by atoms with E-state index in [0.717, 1.165) is 49.9 Å². The number of likely N-dealkylation sites (tertiary alicyclic amines) is 1. The molecule has 0 spiro atoms. The fourth-order valence-electron chi connectivity index (χ4n) is 5.30. The highest BCUT2D eigenvalue weighted by atomic mass is 16.2. The summed E-state index contributed by atoms with van der Waals surface area (Å²) in [4.78, 5) is 41.7. The van der Waals surface area contributed by atoms with Crippen LogP contribution in [0, 0.1) is 12.8 Å². The lowest BCUT2D eigenvalue weighted by atomic mass is 9.83. The molecule has 36 heavy (non-hydrogen) atoms. The highest BCUT2D eigenvalue weighted by molar-refractivity contribution is 5.98. The van der Waals surface area contributed by atoms with Gasteiger partial charge in [-0.1, -0.05) is 37.5 Å². The van der Waals surface area contributed by atoms with Crippen LogP contribution in [0.1, 0.15) is 57.6 Å². The minimum Gasteiger partial charge on any atom is -0.343 e. The molecule has 1 aromatic heterocycles. The molecule has 9 nitrogen and oxygen atoms in total. The molecule has 1 saturated carbocycles. The summed E-state index contributed by atoms with van der Waals surface area (Å²) in [6.07, 6.45) is 6.42. The number of rotatable bonds is 8. The van der Waals surface area contributed by atoms with Crippen LogP contribution in [-0.4, -0.2) is 64.1 Å². The number of carbonyl (C=O) groups excluding carboxylic acids is 3. The Morgan fingerprint density at radius 2 is 1.75 bits per heavy atom. The van der Waals surface area contributed by atoms with Gasteiger partial charge in [-0.15, -0.1) is 0 Å². The molecule has 1 aliphatic heterocycles. The molecule has 3 atom stereocenters. The predicted molar refractivity (Wildman–Crippen MR) is 139 cm³/mol. The van der Waals surface area contributed by atoms with E-state index >= 15 is 0 Å². The van der Waals surface area contributed by atoms with Gasteiger partial charge in [0.2, 0.25) is 17.7 Å². The number of nitrogens with one attached hydrogen (secondary N) is 3. The summed E-state index contributed by atoms with van der Waals surface area (Å²) < 4.78 is 1.71. The number of hydrogen-bond donors (Lipinski definition) is 3. The number of anilines is 1. The second-order valence-corrected chi connectivity index (χ2v) is 9.99. The molecule has 0 radical (unpaired) electrons. The molecular formula is C27H38N6O3. The van der Waals surface area contributed by atoms with Gasteiger partial charge >= 0.3 is 0 Å². The van der Waals surface area contributed by atoms with Crippen molar-refractivity contribution in [3.05, 3.63) is 42.1 Å². The van der Waals surface area contributed by atoms with Crippen LogP contribution in [0.3, 0.4) is 0 Å². The minimum atomic E-state index is -0.612. The number of likely N-dealkylation sites (N-methyl/N-ethyl adjacent to an activating group) is 1. The van der Waals surface area contributed by atoms with Crippen molar-refractivity contribution in [2.24, 2.45) is 5.92 Å². The van der Waals surface area contributed by atoms with E-state index in [-0.39, 0.29) is 23.6 Å². The molecule has 1 aromatic carbocycles. The maximum atomic E-state index is 13.8. The zero-order valence-electron chi connectivity index (χ0n) is 21.5. The van der Waals surface area contributed by atoms with Gasteiger partial charge in [0.05, 0.1) is 17.4 Å². The summed E-state index contributed by atoms with van der Waals surface area (Å²) in [5, 5.41) is 13.5. The first-order valence-electron chi connectivity index (χ1n) is 13.1. The molecule has 9 heteroatoms. The zero-order valence-corrected chi connectivity index (χ0v) is 21.5. The molecule has 3 amide bonds. The van der Waals surface area contributed by atoms with Crippen LogP contribution in [-0.2, 0) is 14.4 Å². The van der Waals surface area contributed by atoms with Crippen molar-refractivity contribution in [1.82, 2.24) is 25.3 Å². The summed E-state index contributed by atoms with van der Waals surface area (Å²) in [5.41, 5.74) is 1.63. The highest BCUT2D eigenvalue weighted by Crippen LogP contribution is 2.30. The van der Waals surface area contributed by atoms with E-state index in [2.05, 4.69) is 21.0 Å². The van der Waals surface area contributed by atoms with E-state index in [0.29, 0.717) is 18.8 Å². The van der Waals surface area contributed by atoms with Crippen LogP contribution in [0.15, 0.2) is 36.4 Å². The van der Waals surface area contributed by atoms with Gasteiger partial charge in [-0.05, 0) is 64.6 Å². The molecule has 3 N–H and O–H groups in total. The van der Waals surface area contributed by atoms with Crippen molar-refractivity contribution < 1.29 is 14.4 Å². The maximum absolute atomic E-state index is 13.8. The molecule has 0 bridgehead atoms. The Kier molecular flexibility index (Phi) is 8.40. The van der Waals surface area contributed by atoms with Crippen molar-refractivity contribution in [2.75, 3.05) is 18.9 Å². The summed E-state index contributed by atoms with van der Waals surface area (Å²) in [7, 11) is 1.73. The molecule has 2 heterocycles. The Labute approximate surface area is 213 Å². The number of hydrogen-bond acceptors (Lipinski definition) is 5. The van der Waals surface area contributed by atoms with E-state index in [4.69, 9.17) is 0 Å². The lowest BCUT2D eigenvalue weighted by molar-refractivity contribution is -0.142. The van der Waals surface area contributed by atoms with Crippen molar-refractivity contribution in [3.8, 4) is 5.69 Å².